The molecule has 4 aromatic carbocycles. The average Bonchev–Trinajstić information content (AvgIpc) is 3.58. The van der Waals surface area contributed by atoms with Crippen molar-refractivity contribution in [3.8, 4) is 34.2 Å². The first-order valence-electron chi connectivity index (χ1n) is 13.3. The van der Waals surface area contributed by atoms with Gasteiger partial charge >= 0.3 is 0 Å². The van der Waals surface area contributed by atoms with Gasteiger partial charge in [0.1, 0.15) is 0 Å². The number of para-hydroxylation sites is 1. The van der Waals surface area contributed by atoms with Gasteiger partial charge in [0, 0.05) is 33.6 Å². The Morgan fingerprint density at radius 1 is 0.658 bits per heavy atom. The maximum Gasteiger partial charge on any atom is 0.168 e. The Labute approximate surface area is 222 Å². The number of rotatable bonds is 5. The van der Waals surface area contributed by atoms with Crippen molar-refractivity contribution in [1.82, 2.24) is 19.3 Å². The van der Waals surface area contributed by atoms with Gasteiger partial charge in [-0.25, -0.2) is 0 Å². The molecule has 0 N–H and O–H groups in total. The second-order valence-electron chi connectivity index (χ2n) is 9.77. The minimum absolute atomic E-state index is 0.832. The average molecular weight is 493 g/mol. The molecule has 1 aliphatic carbocycles. The normalized spacial score (nSPS) is 12.7. The molecule has 38 heavy (non-hydrogen) atoms. The fraction of sp³-hybridized carbons (Fsp3) is 0.118. The molecule has 4 heteroatoms. The van der Waals surface area contributed by atoms with Crippen molar-refractivity contribution in [3.05, 3.63) is 126 Å². The van der Waals surface area contributed by atoms with Gasteiger partial charge in [-0.1, -0.05) is 73.7 Å². The Kier molecular flexibility index (Phi) is 5.51. The highest BCUT2D eigenvalue weighted by Crippen LogP contribution is 2.35. The fourth-order valence-electron chi connectivity index (χ4n) is 5.60. The number of fused-ring (bicyclic) bond motifs is 3. The van der Waals surface area contributed by atoms with Gasteiger partial charge in [0.15, 0.2) is 11.6 Å². The van der Waals surface area contributed by atoms with E-state index in [0.29, 0.717) is 0 Å². The lowest BCUT2D eigenvalue weighted by Crippen LogP contribution is -2.02. The van der Waals surface area contributed by atoms with Gasteiger partial charge in [0.25, 0.3) is 0 Å². The number of benzene rings is 4. The van der Waals surface area contributed by atoms with Crippen LogP contribution in [0, 0.1) is 0 Å². The van der Waals surface area contributed by atoms with Gasteiger partial charge in [-0.2, -0.15) is 0 Å². The molecular formula is C34H28N4. The topological polar surface area (TPSA) is 35.6 Å². The highest BCUT2D eigenvalue weighted by molar-refractivity contribution is 5.90. The van der Waals surface area contributed by atoms with Crippen LogP contribution >= 0.6 is 0 Å². The van der Waals surface area contributed by atoms with Crippen LogP contribution in [0.4, 0.5) is 0 Å². The van der Waals surface area contributed by atoms with Gasteiger partial charge < -0.3 is 4.57 Å². The summed E-state index contributed by atoms with van der Waals surface area (Å²) < 4.78 is 4.55. The minimum atomic E-state index is 0.832. The summed E-state index contributed by atoms with van der Waals surface area (Å²) in [6, 6.07) is 36.4. The Balaban J connectivity index is 1.36. The third-order valence-corrected chi connectivity index (χ3v) is 7.54. The Hall–Kier alpha value is -4.70. The van der Waals surface area contributed by atoms with Crippen LogP contribution in [0.5, 0.6) is 0 Å². The van der Waals surface area contributed by atoms with E-state index in [1.165, 1.54) is 27.7 Å². The lowest BCUT2D eigenvalue weighted by molar-refractivity contribution is 0.967. The third kappa shape index (κ3) is 3.69. The van der Waals surface area contributed by atoms with Crippen LogP contribution < -0.4 is 0 Å². The van der Waals surface area contributed by atoms with Gasteiger partial charge in [-0.05, 0) is 78.9 Å². The van der Waals surface area contributed by atoms with E-state index in [-0.39, 0.29) is 0 Å². The summed E-state index contributed by atoms with van der Waals surface area (Å²) in [7, 11) is 0. The molecule has 2 aromatic heterocycles. The summed E-state index contributed by atoms with van der Waals surface area (Å²) >= 11 is 0. The maximum atomic E-state index is 4.69. The molecule has 0 unspecified atom stereocenters. The molecule has 0 atom stereocenters. The van der Waals surface area contributed by atoms with Crippen LogP contribution in [-0.2, 0) is 12.8 Å². The molecule has 2 heterocycles. The first-order valence-corrected chi connectivity index (χ1v) is 13.3. The lowest BCUT2D eigenvalue weighted by atomic mass is 10.0. The fourth-order valence-corrected chi connectivity index (χ4v) is 5.60. The van der Waals surface area contributed by atoms with Crippen LogP contribution in [0.25, 0.3) is 51.1 Å². The summed E-state index contributed by atoms with van der Waals surface area (Å²) in [6.45, 7) is 2.18. The molecule has 0 saturated carbocycles. The van der Waals surface area contributed by atoms with E-state index in [4.69, 9.17) is 0 Å². The van der Waals surface area contributed by atoms with E-state index < -0.39 is 0 Å². The predicted octanol–water partition coefficient (Wildman–Crippen LogP) is 8.07. The number of aryl methyl sites for hydroxylation is 2. The van der Waals surface area contributed by atoms with E-state index in [2.05, 4.69) is 123 Å². The first-order chi connectivity index (χ1) is 18.8. The van der Waals surface area contributed by atoms with Gasteiger partial charge in [-0.3, -0.25) is 4.57 Å². The predicted molar refractivity (Wildman–Crippen MR) is 156 cm³/mol. The summed E-state index contributed by atoms with van der Waals surface area (Å²) in [6.07, 6.45) is 7.74. The quantitative estimate of drug-likeness (QED) is 0.244. The van der Waals surface area contributed by atoms with Crippen molar-refractivity contribution in [2.24, 2.45) is 0 Å². The Morgan fingerprint density at radius 2 is 1.29 bits per heavy atom. The molecule has 0 amide bonds. The molecular weight excluding hydrogens is 464 g/mol. The summed E-state index contributed by atoms with van der Waals surface area (Å²) in [5, 5.41) is 10.7. The SMILES string of the molecule is CCc1ccc(-n2c(-c3ccccc3)nnc2-c2ccc(-n3c4c(c5ccccc53)CCC=C4)cc2)cc1. The number of allylic oxidation sites excluding steroid dienone is 1. The summed E-state index contributed by atoms with van der Waals surface area (Å²) in [5.41, 5.74) is 9.57. The standard InChI is InChI=1S/C34H28N4/c1-2-24-16-20-28(21-17-24)38-33(25-10-4-3-5-11-25)35-36-34(38)26-18-22-27(23-19-26)37-31-14-8-6-12-29(31)30-13-7-9-15-32(30)37/h3-6,8-12,14-23H,2,7,13H2,1H3. The second kappa shape index (κ2) is 9.31. The Morgan fingerprint density at radius 3 is 2.03 bits per heavy atom. The molecule has 7 rings (SSSR count). The Bertz CT molecular complexity index is 1770. The van der Waals surface area contributed by atoms with Crippen LogP contribution in [0.1, 0.15) is 30.2 Å². The van der Waals surface area contributed by atoms with E-state index in [1.807, 2.05) is 18.2 Å². The number of hydrogen-bond donors (Lipinski definition) is 0. The third-order valence-electron chi connectivity index (χ3n) is 7.54. The van der Waals surface area contributed by atoms with Gasteiger partial charge in [0.05, 0.1) is 5.52 Å². The minimum Gasteiger partial charge on any atom is -0.310 e. The number of aromatic nitrogens is 4. The van der Waals surface area contributed by atoms with E-state index in [9.17, 15) is 0 Å². The molecule has 4 nitrogen and oxygen atoms in total. The van der Waals surface area contributed by atoms with Crippen LogP contribution in [0.2, 0.25) is 0 Å². The highest BCUT2D eigenvalue weighted by atomic mass is 15.3. The largest absolute Gasteiger partial charge is 0.310 e. The summed E-state index contributed by atoms with van der Waals surface area (Å²) in [4.78, 5) is 0. The smallest absolute Gasteiger partial charge is 0.168 e. The first kappa shape index (κ1) is 22.5. The zero-order chi connectivity index (χ0) is 25.5. The van der Waals surface area contributed by atoms with E-state index in [0.717, 1.165) is 53.4 Å². The van der Waals surface area contributed by atoms with Crippen molar-refractivity contribution in [2.45, 2.75) is 26.2 Å². The van der Waals surface area contributed by atoms with Crippen molar-refractivity contribution in [1.29, 1.82) is 0 Å². The highest BCUT2D eigenvalue weighted by Gasteiger charge is 2.20. The van der Waals surface area contributed by atoms with Crippen molar-refractivity contribution < 1.29 is 0 Å². The van der Waals surface area contributed by atoms with E-state index >= 15 is 0 Å². The zero-order valence-electron chi connectivity index (χ0n) is 21.4. The van der Waals surface area contributed by atoms with Gasteiger partial charge in [0.2, 0.25) is 0 Å². The summed E-state index contributed by atoms with van der Waals surface area (Å²) in [5.74, 6) is 1.67. The number of nitrogens with zero attached hydrogens (tertiary/aromatic N) is 4. The van der Waals surface area contributed by atoms with Crippen LogP contribution in [0.15, 0.2) is 109 Å². The van der Waals surface area contributed by atoms with Crippen molar-refractivity contribution in [2.75, 3.05) is 0 Å². The monoisotopic (exact) mass is 492 g/mol. The molecule has 0 radical (unpaired) electrons. The van der Waals surface area contributed by atoms with Crippen molar-refractivity contribution >= 4 is 17.0 Å². The maximum absolute atomic E-state index is 4.69. The molecule has 1 aliphatic rings. The van der Waals surface area contributed by atoms with Crippen LogP contribution in [0.3, 0.4) is 0 Å². The van der Waals surface area contributed by atoms with Crippen molar-refractivity contribution in [3.63, 3.8) is 0 Å². The molecule has 0 bridgehead atoms. The molecule has 0 saturated heterocycles. The lowest BCUT2D eigenvalue weighted by Gasteiger charge is -2.14. The molecule has 0 aliphatic heterocycles. The second-order valence-corrected chi connectivity index (χ2v) is 9.77. The molecule has 0 fully saturated rings. The zero-order valence-corrected chi connectivity index (χ0v) is 21.4. The van der Waals surface area contributed by atoms with Gasteiger partial charge in [-0.15, -0.1) is 10.2 Å². The molecule has 184 valence electrons. The number of hydrogen-bond acceptors (Lipinski definition) is 2. The molecule has 0 spiro atoms. The van der Waals surface area contributed by atoms with Crippen LogP contribution in [-0.4, -0.2) is 19.3 Å². The van der Waals surface area contributed by atoms with E-state index in [1.54, 1.807) is 0 Å². The molecule has 6 aromatic rings.